The summed E-state index contributed by atoms with van der Waals surface area (Å²) in [5.41, 5.74) is 4.59. The zero-order valence-electron chi connectivity index (χ0n) is 11.1. The van der Waals surface area contributed by atoms with Crippen LogP contribution in [0.25, 0.3) is 0 Å². The van der Waals surface area contributed by atoms with E-state index in [4.69, 9.17) is 0 Å². The van der Waals surface area contributed by atoms with Crippen molar-refractivity contribution in [3.63, 3.8) is 0 Å². The van der Waals surface area contributed by atoms with Gasteiger partial charge >= 0.3 is 0 Å². The van der Waals surface area contributed by atoms with Gasteiger partial charge in [-0.3, -0.25) is 0 Å². The van der Waals surface area contributed by atoms with Gasteiger partial charge in [-0.05, 0) is 40.9 Å². The molecule has 18 heavy (non-hydrogen) atoms. The molecule has 1 aliphatic carbocycles. The summed E-state index contributed by atoms with van der Waals surface area (Å²) in [5.74, 6) is 2.02. The quantitative estimate of drug-likeness (QED) is 0.705. The molecule has 3 atom stereocenters. The molecule has 2 aromatic carbocycles. The van der Waals surface area contributed by atoms with Gasteiger partial charge in [0.2, 0.25) is 0 Å². The summed E-state index contributed by atoms with van der Waals surface area (Å²) >= 11 is 0. The zero-order valence-corrected chi connectivity index (χ0v) is 11.1. The number of hydrogen-bond acceptors (Lipinski definition) is 0. The molecule has 0 heteroatoms. The van der Waals surface area contributed by atoms with Crippen molar-refractivity contribution in [2.45, 2.75) is 32.1 Å². The molecular formula is C18H20. The summed E-state index contributed by atoms with van der Waals surface area (Å²) in [4.78, 5) is 0. The first-order chi connectivity index (χ1) is 8.77. The molecule has 0 amide bonds. The molecule has 92 valence electrons. The molecule has 3 unspecified atom stereocenters. The average Bonchev–Trinajstić information content (AvgIpc) is 2.75. The van der Waals surface area contributed by atoms with Gasteiger partial charge < -0.3 is 0 Å². The Labute approximate surface area is 110 Å². The molecule has 0 N–H and O–H groups in total. The van der Waals surface area contributed by atoms with Gasteiger partial charge in [-0.15, -0.1) is 0 Å². The van der Waals surface area contributed by atoms with E-state index in [1.165, 1.54) is 12.0 Å². The second-order valence-corrected chi connectivity index (χ2v) is 5.61. The minimum atomic E-state index is 0.602. The Morgan fingerprint density at radius 2 is 1.61 bits per heavy atom. The molecule has 3 rings (SSSR count). The number of fused-ring (bicyclic) bond motifs is 1. The summed E-state index contributed by atoms with van der Waals surface area (Å²) in [6, 6.07) is 19.9. The third-order valence-corrected chi connectivity index (χ3v) is 4.43. The Balaban J connectivity index is 1.97. The lowest BCUT2D eigenvalue weighted by molar-refractivity contribution is 0.441. The summed E-state index contributed by atoms with van der Waals surface area (Å²) in [6.45, 7) is 4.77. The monoisotopic (exact) mass is 236 g/mol. The largest absolute Gasteiger partial charge is 0.0622 e. The van der Waals surface area contributed by atoms with Crippen molar-refractivity contribution >= 4 is 0 Å². The van der Waals surface area contributed by atoms with Gasteiger partial charge in [-0.1, -0.05) is 68.4 Å². The number of benzene rings is 2. The third kappa shape index (κ3) is 1.86. The summed E-state index contributed by atoms with van der Waals surface area (Å²) < 4.78 is 0. The van der Waals surface area contributed by atoms with Gasteiger partial charge in [-0.2, -0.15) is 0 Å². The minimum Gasteiger partial charge on any atom is -0.0622 e. The summed E-state index contributed by atoms with van der Waals surface area (Å²) in [7, 11) is 0. The van der Waals surface area contributed by atoms with E-state index in [0.29, 0.717) is 11.8 Å². The molecule has 1 aliphatic rings. The van der Waals surface area contributed by atoms with E-state index in [9.17, 15) is 0 Å². The lowest BCUT2D eigenvalue weighted by atomic mass is 9.79. The van der Waals surface area contributed by atoms with Crippen LogP contribution >= 0.6 is 0 Å². The smallest absolute Gasteiger partial charge is 0.00641 e. The highest BCUT2D eigenvalue weighted by Crippen LogP contribution is 2.45. The Bertz CT molecular complexity index is 527. The van der Waals surface area contributed by atoms with E-state index in [1.54, 1.807) is 11.1 Å². The Hall–Kier alpha value is -1.56. The first-order valence-corrected chi connectivity index (χ1v) is 6.90. The molecule has 0 saturated heterocycles. The first kappa shape index (κ1) is 11.5. The van der Waals surface area contributed by atoms with Crippen LogP contribution in [0.1, 0.15) is 42.4 Å². The van der Waals surface area contributed by atoms with Crippen molar-refractivity contribution in [1.29, 1.82) is 0 Å². The summed E-state index contributed by atoms with van der Waals surface area (Å²) in [6.07, 6.45) is 1.23. The Morgan fingerprint density at radius 3 is 2.39 bits per heavy atom. The van der Waals surface area contributed by atoms with Gasteiger partial charge in [0.05, 0.1) is 0 Å². The molecule has 0 aliphatic heterocycles. The fraction of sp³-hybridized carbons (Fsp3) is 0.333. The molecule has 0 radical (unpaired) electrons. The van der Waals surface area contributed by atoms with Crippen LogP contribution in [-0.2, 0) is 6.42 Å². The van der Waals surface area contributed by atoms with E-state index in [1.807, 2.05) is 0 Å². The van der Waals surface area contributed by atoms with Gasteiger partial charge in [0, 0.05) is 0 Å². The highest BCUT2D eigenvalue weighted by molar-refractivity contribution is 5.39. The third-order valence-electron chi connectivity index (χ3n) is 4.43. The van der Waals surface area contributed by atoms with Crippen molar-refractivity contribution in [2.24, 2.45) is 5.92 Å². The highest BCUT2D eigenvalue weighted by atomic mass is 14.4. The SMILES string of the molecule is CC1Cc2ccccc2C1C(C)c1ccccc1. The topological polar surface area (TPSA) is 0 Å². The van der Waals surface area contributed by atoms with Crippen LogP contribution in [0, 0.1) is 5.92 Å². The van der Waals surface area contributed by atoms with Crippen LogP contribution in [0.2, 0.25) is 0 Å². The molecule has 0 saturated carbocycles. The normalized spacial score (nSPS) is 23.7. The van der Waals surface area contributed by atoms with E-state index in [2.05, 4.69) is 68.4 Å². The minimum absolute atomic E-state index is 0.602. The van der Waals surface area contributed by atoms with Crippen molar-refractivity contribution < 1.29 is 0 Å². The van der Waals surface area contributed by atoms with Crippen molar-refractivity contribution in [3.8, 4) is 0 Å². The molecule has 0 bridgehead atoms. The van der Waals surface area contributed by atoms with Crippen molar-refractivity contribution in [1.82, 2.24) is 0 Å². The van der Waals surface area contributed by atoms with Gasteiger partial charge in [0.25, 0.3) is 0 Å². The fourth-order valence-corrected chi connectivity index (χ4v) is 3.55. The lowest BCUT2D eigenvalue weighted by Gasteiger charge is -2.25. The van der Waals surface area contributed by atoms with Crippen LogP contribution < -0.4 is 0 Å². The average molecular weight is 236 g/mol. The van der Waals surface area contributed by atoms with Gasteiger partial charge in [0.15, 0.2) is 0 Å². The molecule has 0 fully saturated rings. The van der Waals surface area contributed by atoms with E-state index >= 15 is 0 Å². The molecule has 0 spiro atoms. The second-order valence-electron chi connectivity index (χ2n) is 5.61. The van der Waals surface area contributed by atoms with Crippen LogP contribution in [-0.4, -0.2) is 0 Å². The van der Waals surface area contributed by atoms with Crippen molar-refractivity contribution in [2.75, 3.05) is 0 Å². The standard InChI is InChI=1S/C18H20/c1-13-12-16-10-6-7-11-17(16)18(13)14(2)15-8-4-3-5-9-15/h3-11,13-14,18H,12H2,1-2H3. The van der Waals surface area contributed by atoms with E-state index in [0.717, 1.165) is 5.92 Å². The molecule has 0 nitrogen and oxygen atoms in total. The molecule has 0 heterocycles. The predicted octanol–water partition coefficient (Wildman–Crippen LogP) is 4.77. The van der Waals surface area contributed by atoms with Crippen LogP contribution in [0.5, 0.6) is 0 Å². The molecule has 0 aromatic heterocycles. The van der Waals surface area contributed by atoms with Crippen LogP contribution in [0.3, 0.4) is 0 Å². The first-order valence-electron chi connectivity index (χ1n) is 6.90. The lowest BCUT2D eigenvalue weighted by Crippen LogP contribution is -2.12. The number of hydrogen-bond donors (Lipinski definition) is 0. The zero-order chi connectivity index (χ0) is 12.5. The Kier molecular flexibility index (Phi) is 2.95. The summed E-state index contributed by atoms with van der Waals surface area (Å²) in [5, 5.41) is 0. The van der Waals surface area contributed by atoms with Crippen molar-refractivity contribution in [3.05, 3.63) is 71.3 Å². The molecule has 2 aromatic rings. The van der Waals surface area contributed by atoms with E-state index in [-0.39, 0.29) is 0 Å². The number of rotatable bonds is 2. The molecular weight excluding hydrogens is 216 g/mol. The fourth-order valence-electron chi connectivity index (χ4n) is 3.55. The predicted molar refractivity (Wildman–Crippen MR) is 76.9 cm³/mol. The maximum absolute atomic E-state index is 2.39. The van der Waals surface area contributed by atoms with Gasteiger partial charge in [-0.25, -0.2) is 0 Å². The second kappa shape index (κ2) is 4.61. The van der Waals surface area contributed by atoms with Gasteiger partial charge in [0.1, 0.15) is 0 Å². The van der Waals surface area contributed by atoms with Crippen LogP contribution in [0.15, 0.2) is 54.6 Å². The highest BCUT2D eigenvalue weighted by Gasteiger charge is 2.33. The Morgan fingerprint density at radius 1 is 0.944 bits per heavy atom. The maximum atomic E-state index is 2.39. The van der Waals surface area contributed by atoms with E-state index < -0.39 is 0 Å². The van der Waals surface area contributed by atoms with Crippen LogP contribution in [0.4, 0.5) is 0 Å². The maximum Gasteiger partial charge on any atom is -0.00641 e.